The Morgan fingerprint density at radius 2 is 2.00 bits per heavy atom. The summed E-state index contributed by atoms with van der Waals surface area (Å²) in [5.74, 6) is -0.273. The summed E-state index contributed by atoms with van der Waals surface area (Å²) < 4.78 is 0. The molecule has 1 aromatic heterocycles. The highest BCUT2D eigenvalue weighted by molar-refractivity contribution is 6.01. The van der Waals surface area contributed by atoms with Crippen LogP contribution in [0.4, 0.5) is 11.4 Å². The van der Waals surface area contributed by atoms with Gasteiger partial charge in [-0.25, -0.2) is 0 Å². The summed E-state index contributed by atoms with van der Waals surface area (Å²) in [6, 6.07) is 5.08. The molecule has 5 N–H and O–H groups in total. The number of primary amides is 1. The van der Waals surface area contributed by atoms with Gasteiger partial charge in [0.05, 0.1) is 0 Å². The molecule has 1 amide bonds. The van der Waals surface area contributed by atoms with Crippen molar-refractivity contribution in [3.05, 3.63) is 30.6 Å². The quantitative estimate of drug-likeness (QED) is 0.728. The van der Waals surface area contributed by atoms with Crippen molar-refractivity contribution in [1.29, 1.82) is 0 Å². The minimum absolute atomic E-state index is 0.0989. The second-order valence-electron chi connectivity index (χ2n) is 4.89. The van der Waals surface area contributed by atoms with Gasteiger partial charge in [0.15, 0.2) is 0 Å². The Morgan fingerprint density at radius 1 is 1.26 bits per heavy atom. The number of nitrogen functional groups attached to an aromatic ring is 1. The van der Waals surface area contributed by atoms with Crippen molar-refractivity contribution in [2.45, 2.75) is 19.9 Å². The van der Waals surface area contributed by atoms with Crippen LogP contribution < -0.4 is 16.8 Å². The second-order valence-corrected chi connectivity index (χ2v) is 4.89. The van der Waals surface area contributed by atoms with Crippen LogP contribution >= 0.6 is 0 Å². The minimum Gasteiger partial charge on any atom is -0.398 e. The van der Waals surface area contributed by atoms with Crippen molar-refractivity contribution in [1.82, 2.24) is 4.98 Å². The fourth-order valence-electron chi connectivity index (χ4n) is 2.07. The van der Waals surface area contributed by atoms with Gasteiger partial charge >= 0.3 is 0 Å². The Labute approximate surface area is 112 Å². The van der Waals surface area contributed by atoms with Gasteiger partial charge in [-0.15, -0.1) is 0 Å². The zero-order chi connectivity index (χ0) is 14.0. The van der Waals surface area contributed by atoms with Crippen molar-refractivity contribution < 1.29 is 4.79 Å². The van der Waals surface area contributed by atoms with E-state index in [4.69, 9.17) is 11.5 Å². The van der Waals surface area contributed by atoms with Gasteiger partial charge in [0.2, 0.25) is 5.91 Å². The molecule has 0 aliphatic heterocycles. The molecular weight excluding hydrogens is 240 g/mol. The van der Waals surface area contributed by atoms with E-state index in [0.717, 1.165) is 16.5 Å². The molecule has 1 heterocycles. The van der Waals surface area contributed by atoms with E-state index >= 15 is 0 Å². The lowest BCUT2D eigenvalue weighted by atomic mass is 10.0. The van der Waals surface area contributed by atoms with Gasteiger partial charge in [0.25, 0.3) is 0 Å². The topological polar surface area (TPSA) is 94.0 Å². The number of fused-ring (bicyclic) bond motifs is 1. The molecule has 0 saturated heterocycles. The number of hydrogen-bond acceptors (Lipinski definition) is 4. The van der Waals surface area contributed by atoms with E-state index < -0.39 is 6.04 Å². The van der Waals surface area contributed by atoms with Crippen LogP contribution in [0.15, 0.2) is 30.6 Å². The molecule has 0 fully saturated rings. The number of nitrogens with zero attached hydrogens (tertiary/aromatic N) is 1. The molecule has 100 valence electrons. The maximum absolute atomic E-state index is 11.5. The van der Waals surface area contributed by atoms with Crippen molar-refractivity contribution >= 4 is 28.1 Å². The number of amides is 1. The molecule has 5 heteroatoms. The lowest BCUT2D eigenvalue weighted by Crippen LogP contribution is -2.39. The number of pyridine rings is 1. The Kier molecular flexibility index (Phi) is 3.55. The van der Waals surface area contributed by atoms with Gasteiger partial charge in [-0.2, -0.15) is 0 Å². The second kappa shape index (κ2) is 5.14. The number of anilines is 2. The van der Waals surface area contributed by atoms with Crippen LogP contribution in [0.2, 0.25) is 0 Å². The molecule has 2 rings (SSSR count). The van der Waals surface area contributed by atoms with Crippen molar-refractivity contribution in [3.63, 3.8) is 0 Å². The summed E-state index contributed by atoms with van der Waals surface area (Å²) in [7, 11) is 0. The Morgan fingerprint density at radius 3 is 2.63 bits per heavy atom. The lowest BCUT2D eigenvalue weighted by molar-refractivity contribution is -0.119. The molecule has 0 aliphatic rings. The average Bonchev–Trinajstić information content (AvgIpc) is 2.37. The van der Waals surface area contributed by atoms with E-state index in [1.807, 2.05) is 32.0 Å². The predicted molar refractivity (Wildman–Crippen MR) is 77.6 cm³/mol. The normalized spacial score (nSPS) is 12.6. The monoisotopic (exact) mass is 258 g/mol. The SMILES string of the molecule is CC(C)C(Nc1ccc(N)c2ccncc12)C(N)=O. The number of nitrogens with one attached hydrogen (secondary N) is 1. The highest BCUT2D eigenvalue weighted by Crippen LogP contribution is 2.28. The molecule has 0 saturated carbocycles. The van der Waals surface area contributed by atoms with Crippen molar-refractivity contribution in [3.8, 4) is 0 Å². The van der Waals surface area contributed by atoms with Crippen LogP contribution in [0.5, 0.6) is 0 Å². The van der Waals surface area contributed by atoms with Gasteiger partial charge in [-0.05, 0) is 24.1 Å². The van der Waals surface area contributed by atoms with Crippen LogP contribution in [-0.2, 0) is 4.79 Å². The number of carbonyl (C=O) groups excluding carboxylic acids is 1. The fourth-order valence-corrected chi connectivity index (χ4v) is 2.07. The summed E-state index contributed by atoms with van der Waals surface area (Å²) in [5.41, 5.74) is 12.8. The van der Waals surface area contributed by atoms with Gasteiger partial charge in [-0.1, -0.05) is 13.8 Å². The predicted octanol–water partition coefficient (Wildman–Crippen LogP) is 1.74. The van der Waals surface area contributed by atoms with E-state index in [2.05, 4.69) is 10.3 Å². The summed E-state index contributed by atoms with van der Waals surface area (Å²) in [5, 5.41) is 4.97. The molecule has 1 aromatic carbocycles. The number of aromatic nitrogens is 1. The Balaban J connectivity index is 2.46. The summed E-state index contributed by atoms with van der Waals surface area (Å²) in [6.07, 6.45) is 3.42. The van der Waals surface area contributed by atoms with Gasteiger partial charge in [0.1, 0.15) is 6.04 Å². The third-order valence-corrected chi connectivity index (χ3v) is 3.14. The van der Waals surface area contributed by atoms with Crippen molar-refractivity contribution in [2.24, 2.45) is 11.7 Å². The highest BCUT2D eigenvalue weighted by atomic mass is 16.1. The maximum atomic E-state index is 11.5. The van der Waals surface area contributed by atoms with E-state index in [9.17, 15) is 4.79 Å². The smallest absolute Gasteiger partial charge is 0.240 e. The fraction of sp³-hybridized carbons (Fsp3) is 0.286. The highest BCUT2D eigenvalue weighted by Gasteiger charge is 2.20. The Bertz CT molecular complexity index is 609. The zero-order valence-corrected chi connectivity index (χ0v) is 11.1. The minimum atomic E-state index is -0.424. The molecule has 0 radical (unpaired) electrons. The zero-order valence-electron chi connectivity index (χ0n) is 11.1. The van der Waals surface area contributed by atoms with E-state index in [1.54, 1.807) is 12.4 Å². The summed E-state index contributed by atoms with van der Waals surface area (Å²) in [6.45, 7) is 3.89. The molecule has 1 unspecified atom stereocenters. The average molecular weight is 258 g/mol. The number of rotatable bonds is 4. The molecule has 2 aromatic rings. The number of hydrogen-bond donors (Lipinski definition) is 3. The maximum Gasteiger partial charge on any atom is 0.240 e. The first-order valence-corrected chi connectivity index (χ1v) is 6.18. The molecule has 5 nitrogen and oxygen atoms in total. The molecule has 0 spiro atoms. The lowest BCUT2D eigenvalue weighted by Gasteiger charge is -2.21. The first kappa shape index (κ1) is 13.1. The van der Waals surface area contributed by atoms with Crippen LogP contribution in [-0.4, -0.2) is 16.9 Å². The number of nitrogens with two attached hydrogens (primary N) is 2. The Hall–Kier alpha value is -2.30. The number of benzene rings is 1. The van der Waals surface area contributed by atoms with Gasteiger partial charge < -0.3 is 16.8 Å². The van der Waals surface area contributed by atoms with Crippen LogP contribution in [0.3, 0.4) is 0 Å². The summed E-state index contributed by atoms with van der Waals surface area (Å²) in [4.78, 5) is 15.6. The number of carbonyl (C=O) groups is 1. The molecular formula is C14H18N4O. The largest absolute Gasteiger partial charge is 0.398 e. The van der Waals surface area contributed by atoms with E-state index in [-0.39, 0.29) is 11.8 Å². The van der Waals surface area contributed by atoms with Gasteiger partial charge in [0, 0.05) is 34.5 Å². The van der Waals surface area contributed by atoms with Crippen LogP contribution in [0, 0.1) is 5.92 Å². The first-order valence-electron chi connectivity index (χ1n) is 6.18. The molecule has 0 aliphatic carbocycles. The molecule has 1 atom stereocenters. The molecule has 0 bridgehead atoms. The third kappa shape index (κ3) is 2.59. The van der Waals surface area contributed by atoms with E-state index in [0.29, 0.717) is 5.69 Å². The van der Waals surface area contributed by atoms with Crippen LogP contribution in [0.25, 0.3) is 10.8 Å². The summed E-state index contributed by atoms with van der Waals surface area (Å²) >= 11 is 0. The molecule has 19 heavy (non-hydrogen) atoms. The van der Waals surface area contributed by atoms with Gasteiger partial charge in [-0.3, -0.25) is 9.78 Å². The van der Waals surface area contributed by atoms with Crippen molar-refractivity contribution in [2.75, 3.05) is 11.1 Å². The van der Waals surface area contributed by atoms with Crippen LogP contribution in [0.1, 0.15) is 13.8 Å². The van der Waals surface area contributed by atoms with E-state index in [1.165, 1.54) is 0 Å². The third-order valence-electron chi connectivity index (χ3n) is 3.14. The first-order chi connectivity index (χ1) is 9.00. The standard InChI is InChI=1S/C14H18N4O/c1-8(2)13(14(16)19)18-12-4-3-11(15)9-5-6-17-7-10(9)12/h3-8,13,18H,15H2,1-2H3,(H2,16,19).